The zero-order valence-electron chi connectivity index (χ0n) is 12.8. The van der Waals surface area contributed by atoms with Crippen LogP contribution in [0.25, 0.3) is 0 Å². The molecule has 22 heavy (non-hydrogen) atoms. The van der Waals surface area contributed by atoms with E-state index in [0.29, 0.717) is 11.6 Å². The number of hydrogen-bond acceptors (Lipinski definition) is 4. The fourth-order valence-corrected chi connectivity index (χ4v) is 2.87. The molecule has 8 heteroatoms. The number of carbonyl (C=O) groups excluding carboxylic acids is 1. The summed E-state index contributed by atoms with van der Waals surface area (Å²) in [5.74, 6) is -0.169. The molecular formula is C14H22ClN3O3S. The molecule has 124 valence electrons. The Morgan fingerprint density at radius 1 is 1.18 bits per heavy atom. The van der Waals surface area contributed by atoms with E-state index in [-0.39, 0.29) is 23.8 Å². The lowest BCUT2D eigenvalue weighted by molar-refractivity contribution is -0.120. The Morgan fingerprint density at radius 2 is 1.82 bits per heavy atom. The number of nitrogens with zero attached hydrogens (tertiary/aromatic N) is 1. The Morgan fingerprint density at radius 3 is 2.41 bits per heavy atom. The third kappa shape index (κ3) is 7.22. The van der Waals surface area contributed by atoms with E-state index in [4.69, 9.17) is 11.6 Å². The molecule has 1 aromatic rings. The van der Waals surface area contributed by atoms with Crippen LogP contribution in [0.2, 0.25) is 5.02 Å². The van der Waals surface area contributed by atoms with Crippen LogP contribution in [-0.4, -0.2) is 53.0 Å². The van der Waals surface area contributed by atoms with Crippen LogP contribution < -0.4 is 10.0 Å². The Balaban J connectivity index is 2.30. The minimum atomic E-state index is -3.60. The Labute approximate surface area is 136 Å². The fourth-order valence-electron chi connectivity index (χ4n) is 1.71. The number of carbonyl (C=O) groups is 1. The van der Waals surface area contributed by atoms with E-state index >= 15 is 0 Å². The van der Waals surface area contributed by atoms with Crippen molar-refractivity contribution >= 4 is 27.5 Å². The van der Waals surface area contributed by atoms with Gasteiger partial charge in [-0.1, -0.05) is 11.6 Å². The van der Waals surface area contributed by atoms with Crippen molar-refractivity contribution in [2.45, 2.75) is 17.7 Å². The molecule has 0 aliphatic carbocycles. The summed E-state index contributed by atoms with van der Waals surface area (Å²) in [6.07, 6.45) is 0.962. The van der Waals surface area contributed by atoms with Gasteiger partial charge in [0, 0.05) is 24.5 Å². The van der Waals surface area contributed by atoms with Crippen molar-refractivity contribution in [3.05, 3.63) is 29.3 Å². The average Bonchev–Trinajstić information content (AvgIpc) is 2.43. The molecule has 2 N–H and O–H groups in total. The third-order valence-corrected chi connectivity index (χ3v) is 4.60. The van der Waals surface area contributed by atoms with Gasteiger partial charge in [-0.25, -0.2) is 13.1 Å². The predicted octanol–water partition coefficient (Wildman–Crippen LogP) is 1.08. The van der Waals surface area contributed by atoms with Crippen LogP contribution >= 0.6 is 11.6 Å². The van der Waals surface area contributed by atoms with E-state index in [9.17, 15) is 13.2 Å². The second kappa shape index (κ2) is 9.09. The molecule has 0 atom stereocenters. The van der Waals surface area contributed by atoms with Gasteiger partial charge in [0.05, 0.1) is 4.90 Å². The number of hydrogen-bond donors (Lipinski definition) is 2. The van der Waals surface area contributed by atoms with Crippen LogP contribution in [0.1, 0.15) is 12.8 Å². The highest BCUT2D eigenvalue weighted by Crippen LogP contribution is 2.13. The first-order chi connectivity index (χ1) is 10.3. The molecule has 0 spiro atoms. The normalized spacial score (nSPS) is 11.6. The first kappa shape index (κ1) is 18.9. The molecule has 0 unspecified atom stereocenters. The van der Waals surface area contributed by atoms with Crippen LogP contribution in [0.5, 0.6) is 0 Å². The van der Waals surface area contributed by atoms with Gasteiger partial charge in [-0.05, 0) is 51.3 Å². The van der Waals surface area contributed by atoms with Gasteiger partial charge in [0.2, 0.25) is 15.9 Å². The standard InChI is InChI=1S/C14H22ClN3O3S/c1-18(2)11-3-9-16-14(19)8-10-17-22(20,21)13-6-4-12(15)5-7-13/h4-7,17H,3,8-11H2,1-2H3,(H,16,19). The molecule has 0 saturated carbocycles. The fraction of sp³-hybridized carbons (Fsp3) is 0.500. The molecule has 0 saturated heterocycles. The number of amides is 1. The van der Waals surface area contributed by atoms with Crippen molar-refractivity contribution in [3.8, 4) is 0 Å². The number of rotatable bonds is 9. The average molecular weight is 348 g/mol. The summed E-state index contributed by atoms with van der Waals surface area (Å²) in [6.45, 7) is 1.54. The van der Waals surface area contributed by atoms with Crippen molar-refractivity contribution in [3.63, 3.8) is 0 Å². The molecule has 0 heterocycles. The molecular weight excluding hydrogens is 326 g/mol. The first-order valence-electron chi connectivity index (χ1n) is 6.98. The maximum absolute atomic E-state index is 12.0. The highest BCUT2D eigenvalue weighted by Gasteiger charge is 2.13. The summed E-state index contributed by atoms with van der Waals surface area (Å²) >= 11 is 5.72. The van der Waals surface area contributed by atoms with Crippen LogP contribution in [-0.2, 0) is 14.8 Å². The smallest absolute Gasteiger partial charge is 0.240 e. The summed E-state index contributed by atoms with van der Waals surface area (Å²) < 4.78 is 26.3. The molecule has 0 radical (unpaired) electrons. The molecule has 1 amide bonds. The second-order valence-electron chi connectivity index (χ2n) is 5.11. The van der Waals surface area contributed by atoms with Crippen molar-refractivity contribution < 1.29 is 13.2 Å². The summed E-state index contributed by atoms with van der Waals surface area (Å²) in [7, 11) is 0.327. The number of benzene rings is 1. The van der Waals surface area contributed by atoms with E-state index in [1.165, 1.54) is 24.3 Å². The van der Waals surface area contributed by atoms with E-state index in [1.54, 1.807) is 0 Å². The van der Waals surface area contributed by atoms with Gasteiger partial charge in [-0.2, -0.15) is 0 Å². The van der Waals surface area contributed by atoms with Crippen LogP contribution in [0, 0.1) is 0 Å². The Hall–Kier alpha value is -1.15. The van der Waals surface area contributed by atoms with Crippen LogP contribution in [0.15, 0.2) is 29.2 Å². The van der Waals surface area contributed by atoms with E-state index in [1.807, 2.05) is 19.0 Å². The number of nitrogens with one attached hydrogen (secondary N) is 2. The second-order valence-corrected chi connectivity index (χ2v) is 7.31. The van der Waals surface area contributed by atoms with Gasteiger partial charge in [-0.15, -0.1) is 0 Å². The van der Waals surface area contributed by atoms with E-state index in [0.717, 1.165) is 13.0 Å². The lowest BCUT2D eigenvalue weighted by Crippen LogP contribution is -2.32. The zero-order chi connectivity index (χ0) is 16.6. The van der Waals surface area contributed by atoms with Gasteiger partial charge < -0.3 is 10.2 Å². The van der Waals surface area contributed by atoms with E-state index in [2.05, 4.69) is 10.0 Å². The maximum atomic E-state index is 12.0. The Kier molecular flexibility index (Phi) is 7.81. The molecule has 1 aromatic carbocycles. The Bertz CT molecular complexity index is 574. The molecule has 0 aromatic heterocycles. The van der Waals surface area contributed by atoms with Gasteiger partial charge in [0.25, 0.3) is 0 Å². The van der Waals surface area contributed by atoms with Crippen molar-refractivity contribution in [2.75, 3.05) is 33.7 Å². The highest BCUT2D eigenvalue weighted by atomic mass is 35.5. The topological polar surface area (TPSA) is 78.5 Å². The maximum Gasteiger partial charge on any atom is 0.240 e. The van der Waals surface area contributed by atoms with E-state index < -0.39 is 10.0 Å². The summed E-state index contributed by atoms with van der Waals surface area (Å²) in [5.41, 5.74) is 0. The van der Waals surface area contributed by atoms with Gasteiger partial charge in [0.1, 0.15) is 0 Å². The number of halogens is 1. The quantitative estimate of drug-likeness (QED) is 0.655. The highest BCUT2D eigenvalue weighted by molar-refractivity contribution is 7.89. The minimum absolute atomic E-state index is 0.0600. The minimum Gasteiger partial charge on any atom is -0.356 e. The summed E-state index contributed by atoms with van der Waals surface area (Å²) in [6, 6.07) is 5.86. The SMILES string of the molecule is CN(C)CCCNC(=O)CCNS(=O)(=O)c1ccc(Cl)cc1. The van der Waals surface area contributed by atoms with Crippen molar-refractivity contribution in [1.82, 2.24) is 14.9 Å². The number of sulfonamides is 1. The predicted molar refractivity (Wildman–Crippen MR) is 87.4 cm³/mol. The largest absolute Gasteiger partial charge is 0.356 e. The first-order valence-corrected chi connectivity index (χ1v) is 8.84. The van der Waals surface area contributed by atoms with Crippen molar-refractivity contribution in [2.24, 2.45) is 0 Å². The zero-order valence-corrected chi connectivity index (χ0v) is 14.4. The third-order valence-electron chi connectivity index (χ3n) is 2.87. The lowest BCUT2D eigenvalue weighted by atomic mass is 10.3. The van der Waals surface area contributed by atoms with Crippen LogP contribution in [0.4, 0.5) is 0 Å². The molecule has 0 aliphatic heterocycles. The monoisotopic (exact) mass is 347 g/mol. The molecule has 6 nitrogen and oxygen atoms in total. The summed E-state index contributed by atoms with van der Waals surface area (Å²) in [4.78, 5) is 13.7. The van der Waals surface area contributed by atoms with Gasteiger partial charge in [0.15, 0.2) is 0 Å². The molecule has 0 fully saturated rings. The molecule has 1 rings (SSSR count). The van der Waals surface area contributed by atoms with Gasteiger partial charge >= 0.3 is 0 Å². The lowest BCUT2D eigenvalue weighted by Gasteiger charge is -2.10. The molecule has 0 bridgehead atoms. The van der Waals surface area contributed by atoms with Gasteiger partial charge in [-0.3, -0.25) is 4.79 Å². The summed E-state index contributed by atoms with van der Waals surface area (Å²) in [5, 5.41) is 3.22. The van der Waals surface area contributed by atoms with Crippen LogP contribution in [0.3, 0.4) is 0 Å². The molecule has 0 aliphatic rings. The van der Waals surface area contributed by atoms with Crippen molar-refractivity contribution in [1.29, 1.82) is 0 Å².